The highest BCUT2D eigenvalue weighted by molar-refractivity contribution is 7.15. The zero-order valence-corrected chi connectivity index (χ0v) is 15.5. The second kappa shape index (κ2) is 6.84. The second-order valence-corrected chi connectivity index (χ2v) is 8.13. The lowest BCUT2D eigenvalue weighted by Gasteiger charge is -2.53. The van der Waals surface area contributed by atoms with Crippen LogP contribution in [0.15, 0.2) is 12.3 Å². The fourth-order valence-electron chi connectivity index (χ4n) is 3.61. The summed E-state index contributed by atoms with van der Waals surface area (Å²) in [6.45, 7) is 7.25. The molecule has 0 radical (unpaired) electrons. The lowest BCUT2D eigenvalue weighted by atomic mass is 9.79. The van der Waals surface area contributed by atoms with E-state index in [1.165, 1.54) is 0 Å². The molecule has 7 nitrogen and oxygen atoms in total. The predicted octanol–water partition coefficient (Wildman–Crippen LogP) is 2.40. The molecule has 0 bridgehead atoms. The SMILES string of the molecule is Cc1ccnc(OCC[C@H]2CCOC3(C2)CN(c2nnc(C)s2)C3)n1. The van der Waals surface area contributed by atoms with E-state index < -0.39 is 0 Å². The Hall–Kier alpha value is -1.80. The Morgan fingerprint density at radius 3 is 3.00 bits per heavy atom. The summed E-state index contributed by atoms with van der Waals surface area (Å²) in [6, 6.07) is 2.35. The van der Waals surface area contributed by atoms with Gasteiger partial charge in [0, 0.05) is 18.5 Å². The Labute approximate surface area is 151 Å². The number of rotatable bonds is 5. The minimum Gasteiger partial charge on any atom is -0.463 e. The number of ether oxygens (including phenoxy) is 2. The van der Waals surface area contributed by atoms with Crippen LogP contribution in [0.1, 0.15) is 30.0 Å². The van der Waals surface area contributed by atoms with Crippen LogP contribution in [-0.4, -0.2) is 52.1 Å². The van der Waals surface area contributed by atoms with Crippen molar-refractivity contribution < 1.29 is 9.47 Å². The lowest BCUT2D eigenvalue weighted by molar-refractivity contribution is -0.115. The quantitative estimate of drug-likeness (QED) is 0.809. The molecular formula is C17H23N5O2S. The number of aromatic nitrogens is 4. The summed E-state index contributed by atoms with van der Waals surface area (Å²) < 4.78 is 11.8. The van der Waals surface area contributed by atoms with Crippen LogP contribution in [0.4, 0.5) is 5.13 Å². The van der Waals surface area contributed by atoms with E-state index in [1.54, 1.807) is 17.5 Å². The molecular weight excluding hydrogens is 338 g/mol. The monoisotopic (exact) mass is 361 g/mol. The Bertz CT molecular complexity index is 731. The van der Waals surface area contributed by atoms with Crippen LogP contribution in [-0.2, 0) is 4.74 Å². The van der Waals surface area contributed by atoms with Gasteiger partial charge >= 0.3 is 6.01 Å². The zero-order valence-electron chi connectivity index (χ0n) is 14.6. The molecule has 2 aromatic rings. The van der Waals surface area contributed by atoms with Gasteiger partial charge in [0.2, 0.25) is 5.13 Å². The zero-order chi connectivity index (χ0) is 17.3. The Morgan fingerprint density at radius 1 is 1.36 bits per heavy atom. The van der Waals surface area contributed by atoms with Gasteiger partial charge in [0.1, 0.15) is 10.6 Å². The van der Waals surface area contributed by atoms with Crippen LogP contribution in [0.25, 0.3) is 0 Å². The van der Waals surface area contributed by atoms with E-state index in [9.17, 15) is 0 Å². The molecule has 0 N–H and O–H groups in total. The molecule has 0 unspecified atom stereocenters. The van der Waals surface area contributed by atoms with Crippen LogP contribution >= 0.6 is 11.3 Å². The second-order valence-electron chi connectivity index (χ2n) is 6.97. The van der Waals surface area contributed by atoms with E-state index in [4.69, 9.17) is 9.47 Å². The molecule has 2 aliphatic rings. The van der Waals surface area contributed by atoms with Gasteiger partial charge in [-0.05, 0) is 45.1 Å². The van der Waals surface area contributed by atoms with Gasteiger partial charge in [-0.3, -0.25) is 0 Å². The number of aryl methyl sites for hydroxylation is 2. The van der Waals surface area contributed by atoms with Gasteiger partial charge in [-0.1, -0.05) is 11.3 Å². The van der Waals surface area contributed by atoms with Crippen LogP contribution in [0, 0.1) is 19.8 Å². The van der Waals surface area contributed by atoms with Gasteiger partial charge in [0.05, 0.1) is 19.7 Å². The van der Waals surface area contributed by atoms with Gasteiger partial charge in [-0.15, -0.1) is 10.2 Å². The smallest absolute Gasteiger partial charge is 0.316 e. The Balaban J connectivity index is 1.26. The van der Waals surface area contributed by atoms with Gasteiger partial charge in [0.15, 0.2) is 0 Å². The number of anilines is 1. The third-order valence-corrected chi connectivity index (χ3v) is 5.77. The average Bonchev–Trinajstić information content (AvgIpc) is 2.99. The molecule has 2 saturated heterocycles. The third kappa shape index (κ3) is 3.74. The molecule has 4 rings (SSSR count). The van der Waals surface area contributed by atoms with Crippen molar-refractivity contribution in [1.29, 1.82) is 0 Å². The highest BCUT2D eigenvalue weighted by Crippen LogP contribution is 2.40. The first-order chi connectivity index (χ1) is 12.1. The molecule has 0 saturated carbocycles. The number of hydrogen-bond acceptors (Lipinski definition) is 8. The van der Waals surface area contributed by atoms with E-state index in [1.807, 2.05) is 19.9 Å². The fraction of sp³-hybridized carbons (Fsp3) is 0.647. The summed E-state index contributed by atoms with van der Waals surface area (Å²) in [5, 5.41) is 10.3. The summed E-state index contributed by atoms with van der Waals surface area (Å²) in [5.74, 6) is 0.622. The molecule has 0 amide bonds. The number of hydrogen-bond donors (Lipinski definition) is 0. The molecule has 2 fully saturated rings. The lowest BCUT2D eigenvalue weighted by Crippen LogP contribution is -2.65. The van der Waals surface area contributed by atoms with Crippen LogP contribution in [0.3, 0.4) is 0 Å². The van der Waals surface area contributed by atoms with E-state index in [-0.39, 0.29) is 5.60 Å². The summed E-state index contributed by atoms with van der Waals surface area (Å²) >= 11 is 1.65. The van der Waals surface area contributed by atoms with E-state index in [0.717, 1.165) is 54.8 Å². The minimum absolute atomic E-state index is 0.0116. The van der Waals surface area contributed by atoms with Crippen LogP contribution < -0.4 is 9.64 Å². The maximum absolute atomic E-state index is 6.12. The third-order valence-electron chi connectivity index (χ3n) is 4.87. The van der Waals surface area contributed by atoms with Crippen LogP contribution in [0.5, 0.6) is 6.01 Å². The first-order valence-corrected chi connectivity index (χ1v) is 9.55. The van der Waals surface area contributed by atoms with Crippen molar-refractivity contribution in [2.45, 2.75) is 38.7 Å². The van der Waals surface area contributed by atoms with E-state index in [2.05, 4.69) is 25.1 Å². The van der Waals surface area contributed by atoms with Crippen molar-refractivity contribution in [3.63, 3.8) is 0 Å². The van der Waals surface area contributed by atoms with Crippen molar-refractivity contribution in [2.75, 3.05) is 31.2 Å². The predicted molar refractivity (Wildman–Crippen MR) is 95.1 cm³/mol. The summed E-state index contributed by atoms with van der Waals surface area (Å²) in [7, 11) is 0. The molecule has 1 atom stereocenters. The highest BCUT2D eigenvalue weighted by Gasteiger charge is 2.48. The molecule has 2 aliphatic heterocycles. The molecule has 134 valence electrons. The minimum atomic E-state index is -0.0116. The van der Waals surface area contributed by atoms with Gasteiger partial charge in [0.25, 0.3) is 0 Å². The van der Waals surface area contributed by atoms with Crippen molar-refractivity contribution in [1.82, 2.24) is 20.2 Å². The average molecular weight is 361 g/mol. The standard InChI is InChI=1S/C17H23N5O2S/c1-12-3-6-18-15(19-12)23-7-4-14-5-8-24-17(9-14)10-22(11-17)16-21-20-13(2)25-16/h3,6,14H,4-5,7-11H2,1-2H3/t14-/m0/s1. The van der Waals surface area contributed by atoms with E-state index >= 15 is 0 Å². The van der Waals surface area contributed by atoms with Gasteiger partial charge < -0.3 is 14.4 Å². The fourth-order valence-corrected chi connectivity index (χ4v) is 4.29. The topological polar surface area (TPSA) is 73.3 Å². The molecule has 25 heavy (non-hydrogen) atoms. The molecule has 2 aromatic heterocycles. The van der Waals surface area contributed by atoms with Gasteiger partial charge in [-0.25, -0.2) is 9.97 Å². The van der Waals surface area contributed by atoms with Crippen molar-refractivity contribution in [3.8, 4) is 6.01 Å². The van der Waals surface area contributed by atoms with E-state index in [0.29, 0.717) is 18.5 Å². The summed E-state index contributed by atoms with van der Waals surface area (Å²) in [5.41, 5.74) is 0.916. The number of nitrogens with zero attached hydrogens (tertiary/aromatic N) is 5. The maximum atomic E-state index is 6.12. The Kier molecular flexibility index (Phi) is 4.56. The Morgan fingerprint density at radius 2 is 2.24 bits per heavy atom. The summed E-state index contributed by atoms with van der Waals surface area (Å²) in [4.78, 5) is 10.7. The normalized spacial score (nSPS) is 22.0. The van der Waals surface area contributed by atoms with Crippen molar-refractivity contribution in [3.05, 3.63) is 23.0 Å². The first kappa shape index (κ1) is 16.7. The highest BCUT2D eigenvalue weighted by atomic mass is 32.1. The van der Waals surface area contributed by atoms with Crippen molar-refractivity contribution in [2.24, 2.45) is 5.92 Å². The first-order valence-electron chi connectivity index (χ1n) is 8.73. The molecule has 0 aromatic carbocycles. The van der Waals surface area contributed by atoms with Crippen molar-refractivity contribution >= 4 is 16.5 Å². The van der Waals surface area contributed by atoms with Gasteiger partial charge in [-0.2, -0.15) is 0 Å². The largest absolute Gasteiger partial charge is 0.463 e. The molecule has 4 heterocycles. The van der Waals surface area contributed by atoms with Crippen LogP contribution in [0.2, 0.25) is 0 Å². The maximum Gasteiger partial charge on any atom is 0.316 e. The molecule has 1 spiro atoms. The summed E-state index contributed by atoms with van der Waals surface area (Å²) in [6.07, 6.45) is 4.93. The molecule has 8 heteroatoms. The molecule has 0 aliphatic carbocycles.